The molecule has 0 saturated carbocycles. The minimum absolute atomic E-state index is 0.126. The molecule has 5 nitrogen and oxygen atoms in total. The van der Waals surface area contributed by atoms with E-state index in [0.29, 0.717) is 12.2 Å². The van der Waals surface area contributed by atoms with Gasteiger partial charge >= 0.3 is 6.03 Å². The first kappa shape index (κ1) is 18.7. The molecule has 0 radical (unpaired) electrons. The molecule has 0 aliphatic rings. The fourth-order valence-electron chi connectivity index (χ4n) is 2.63. The van der Waals surface area contributed by atoms with Gasteiger partial charge < -0.3 is 20.3 Å². The number of ether oxygens (including phenoxy) is 1. The zero-order valence-electron chi connectivity index (χ0n) is 15.0. The van der Waals surface area contributed by atoms with Crippen LogP contribution in [0.4, 0.5) is 14.9 Å². The van der Waals surface area contributed by atoms with E-state index in [9.17, 15) is 9.18 Å². The zero-order chi connectivity index (χ0) is 18.4. The van der Waals surface area contributed by atoms with E-state index in [4.69, 9.17) is 4.74 Å². The quantitative estimate of drug-likeness (QED) is 0.842. The molecule has 25 heavy (non-hydrogen) atoms. The van der Waals surface area contributed by atoms with Gasteiger partial charge in [-0.05, 0) is 62.5 Å². The molecule has 2 N–H and O–H groups in total. The van der Waals surface area contributed by atoms with Crippen LogP contribution in [0.1, 0.15) is 17.2 Å². The summed E-state index contributed by atoms with van der Waals surface area (Å²) in [6.45, 7) is 2.27. The van der Waals surface area contributed by atoms with Crippen molar-refractivity contribution in [3.8, 4) is 5.75 Å². The van der Waals surface area contributed by atoms with Crippen molar-refractivity contribution in [2.45, 2.75) is 13.0 Å². The molecule has 2 aromatic rings. The maximum Gasteiger partial charge on any atom is 0.319 e. The molecule has 2 rings (SSSR count). The summed E-state index contributed by atoms with van der Waals surface area (Å²) in [6.07, 6.45) is 0. The summed E-state index contributed by atoms with van der Waals surface area (Å²) in [7, 11) is 5.39. The lowest BCUT2D eigenvalue weighted by Gasteiger charge is -2.25. The molecular formula is C19H24FN3O2. The lowest BCUT2D eigenvalue weighted by molar-refractivity contribution is 0.243. The van der Waals surface area contributed by atoms with E-state index in [2.05, 4.69) is 10.6 Å². The minimum Gasteiger partial charge on any atom is -0.496 e. The first-order valence-electron chi connectivity index (χ1n) is 8.02. The molecule has 6 heteroatoms. The predicted octanol–water partition coefficient (Wildman–Crippen LogP) is 3.57. The van der Waals surface area contributed by atoms with E-state index in [1.165, 1.54) is 12.1 Å². The number of benzene rings is 2. The number of nitrogens with zero attached hydrogens (tertiary/aromatic N) is 1. The van der Waals surface area contributed by atoms with Gasteiger partial charge in [-0.2, -0.15) is 0 Å². The van der Waals surface area contributed by atoms with Crippen molar-refractivity contribution in [2.75, 3.05) is 33.1 Å². The molecule has 0 bridgehead atoms. The van der Waals surface area contributed by atoms with Crippen molar-refractivity contribution >= 4 is 11.7 Å². The molecule has 0 aliphatic heterocycles. The third-order valence-electron chi connectivity index (χ3n) is 3.97. The van der Waals surface area contributed by atoms with Crippen LogP contribution in [0.25, 0.3) is 0 Å². The Morgan fingerprint density at radius 3 is 2.60 bits per heavy atom. The molecule has 0 heterocycles. The van der Waals surface area contributed by atoms with Crippen molar-refractivity contribution in [3.05, 3.63) is 59.4 Å². The molecule has 0 spiro atoms. The van der Waals surface area contributed by atoms with E-state index in [1.54, 1.807) is 25.3 Å². The molecule has 2 amide bonds. The van der Waals surface area contributed by atoms with Gasteiger partial charge in [-0.15, -0.1) is 0 Å². The van der Waals surface area contributed by atoms with Crippen LogP contribution < -0.4 is 15.4 Å². The van der Waals surface area contributed by atoms with Crippen LogP contribution in [-0.2, 0) is 0 Å². The Hall–Kier alpha value is -2.60. The number of anilines is 1. The molecule has 0 aliphatic carbocycles. The number of carbonyl (C=O) groups is 1. The van der Waals surface area contributed by atoms with Gasteiger partial charge in [0.1, 0.15) is 11.6 Å². The summed E-state index contributed by atoms with van der Waals surface area (Å²) in [5, 5.41) is 5.63. The Kier molecular flexibility index (Phi) is 6.36. The van der Waals surface area contributed by atoms with E-state index in [0.717, 1.165) is 16.9 Å². The Labute approximate surface area is 147 Å². The Bertz CT molecular complexity index is 734. The molecule has 1 unspecified atom stereocenters. The van der Waals surface area contributed by atoms with E-state index in [-0.39, 0.29) is 17.9 Å². The van der Waals surface area contributed by atoms with Crippen LogP contribution in [0.2, 0.25) is 0 Å². The fourth-order valence-corrected chi connectivity index (χ4v) is 2.63. The molecule has 1 atom stereocenters. The monoisotopic (exact) mass is 345 g/mol. The highest BCUT2D eigenvalue weighted by Crippen LogP contribution is 2.21. The number of rotatable bonds is 6. The number of halogens is 1. The summed E-state index contributed by atoms with van der Waals surface area (Å²) in [4.78, 5) is 14.1. The first-order valence-corrected chi connectivity index (χ1v) is 8.02. The third-order valence-corrected chi connectivity index (χ3v) is 3.97. The summed E-state index contributed by atoms with van der Waals surface area (Å²) < 4.78 is 18.7. The number of urea groups is 1. The van der Waals surface area contributed by atoms with Crippen molar-refractivity contribution in [2.24, 2.45) is 0 Å². The largest absolute Gasteiger partial charge is 0.496 e. The topological polar surface area (TPSA) is 53.6 Å². The SMILES string of the molecule is COc1ccc(NC(=O)NCC(c2cccc(F)c2)N(C)C)cc1C. The fraction of sp³-hybridized carbons (Fsp3) is 0.316. The van der Waals surface area contributed by atoms with Crippen LogP contribution in [0, 0.1) is 12.7 Å². The maximum atomic E-state index is 13.4. The third kappa shape index (κ3) is 5.19. The second-order valence-corrected chi connectivity index (χ2v) is 6.05. The Balaban J connectivity index is 1.98. The molecular weight excluding hydrogens is 321 g/mol. The predicted molar refractivity (Wildman–Crippen MR) is 97.6 cm³/mol. The van der Waals surface area contributed by atoms with E-state index < -0.39 is 0 Å². The van der Waals surface area contributed by atoms with Gasteiger partial charge in [0.2, 0.25) is 0 Å². The number of hydrogen-bond acceptors (Lipinski definition) is 3. The van der Waals surface area contributed by atoms with Crippen LogP contribution in [0.5, 0.6) is 5.75 Å². The van der Waals surface area contributed by atoms with Crippen LogP contribution in [0.15, 0.2) is 42.5 Å². The first-order chi connectivity index (χ1) is 11.9. The standard InChI is InChI=1S/C19H24FN3O2/c1-13-10-16(8-9-18(13)25-4)22-19(24)21-12-17(23(2)3)14-6-5-7-15(20)11-14/h5-11,17H,12H2,1-4H3,(H2,21,22,24). The summed E-state index contributed by atoms with van der Waals surface area (Å²) in [5.41, 5.74) is 2.43. The molecule has 134 valence electrons. The molecule has 0 aromatic heterocycles. The lowest BCUT2D eigenvalue weighted by Crippen LogP contribution is -2.36. The van der Waals surface area contributed by atoms with Gasteiger partial charge in [-0.1, -0.05) is 12.1 Å². The number of methoxy groups -OCH3 is 1. The van der Waals surface area contributed by atoms with Gasteiger partial charge in [-0.3, -0.25) is 0 Å². The summed E-state index contributed by atoms with van der Waals surface area (Å²) in [6, 6.07) is 11.4. The number of amides is 2. The van der Waals surface area contributed by atoms with Crippen molar-refractivity contribution in [1.29, 1.82) is 0 Å². The minimum atomic E-state index is -0.312. The second-order valence-electron chi connectivity index (χ2n) is 6.05. The number of nitrogens with one attached hydrogen (secondary N) is 2. The smallest absolute Gasteiger partial charge is 0.319 e. The van der Waals surface area contributed by atoms with Crippen LogP contribution in [-0.4, -0.2) is 38.7 Å². The average molecular weight is 345 g/mol. The second kappa shape index (κ2) is 8.48. The van der Waals surface area contributed by atoms with Crippen LogP contribution in [0.3, 0.4) is 0 Å². The summed E-state index contributed by atoms with van der Waals surface area (Å²) >= 11 is 0. The molecule has 0 fully saturated rings. The lowest BCUT2D eigenvalue weighted by atomic mass is 10.1. The number of carbonyl (C=O) groups excluding carboxylic acids is 1. The Morgan fingerprint density at radius 2 is 2.00 bits per heavy atom. The number of hydrogen-bond donors (Lipinski definition) is 2. The van der Waals surface area contributed by atoms with Crippen LogP contribution >= 0.6 is 0 Å². The van der Waals surface area contributed by atoms with E-state index >= 15 is 0 Å². The highest BCUT2D eigenvalue weighted by molar-refractivity contribution is 5.89. The molecule has 0 saturated heterocycles. The van der Waals surface area contributed by atoms with Gasteiger partial charge in [-0.25, -0.2) is 9.18 Å². The maximum absolute atomic E-state index is 13.4. The van der Waals surface area contributed by atoms with Gasteiger partial charge in [0, 0.05) is 12.2 Å². The normalized spacial score (nSPS) is 11.9. The zero-order valence-corrected chi connectivity index (χ0v) is 15.0. The van der Waals surface area contributed by atoms with Gasteiger partial charge in [0.05, 0.1) is 13.2 Å². The number of aryl methyl sites for hydroxylation is 1. The molecule has 2 aromatic carbocycles. The van der Waals surface area contributed by atoms with E-state index in [1.807, 2.05) is 38.1 Å². The van der Waals surface area contributed by atoms with Gasteiger partial charge in [0.15, 0.2) is 0 Å². The van der Waals surface area contributed by atoms with Crippen molar-refractivity contribution in [3.63, 3.8) is 0 Å². The average Bonchev–Trinajstić information content (AvgIpc) is 2.55. The van der Waals surface area contributed by atoms with Crippen molar-refractivity contribution in [1.82, 2.24) is 10.2 Å². The summed E-state index contributed by atoms with van der Waals surface area (Å²) in [5.74, 6) is 0.479. The van der Waals surface area contributed by atoms with Crippen molar-refractivity contribution < 1.29 is 13.9 Å². The van der Waals surface area contributed by atoms with Gasteiger partial charge in [0.25, 0.3) is 0 Å². The Morgan fingerprint density at radius 1 is 1.24 bits per heavy atom. The highest BCUT2D eigenvalue weighted by atomic mass is 19.1. The highest BCUT2D eigenvalue weighted by Gasteiger charge is 2.16. The number of likely N-dealkylation sites (N-methyl/N-ethyl adjacent to an activating group) is 1.